The van der Waals surface area contributed by atoms with Crippen molar-refractivity contribution >= 4 is 27.5 Å². The number of carbonyl (C=O) groups is 1. The number of carbonyl (C=O) groups excluding carboxylic acids is 1. The molecule has 7 nitrogen and oxygen atoms in total. The number of nitrogens with one attached hydrogen (secondary N) is 1. The van der Waals surface area contributed by atoms with Gasteiger partial charge in [-0.25, -0.2) is 8.42 Å². The van der Waals surface area contributed by atoms with Crippen molar-refractivity contribution in [1.82, 2.24) is 9.62 Å². The second-order valence-corrected chi connectivity index (χ2v) is 10.3. The lowest BCUT2D eigenvalue weighted by atomic mass is 10.0. The SMILES string of the molecule is C[C@@H]1CCCN(S(=O)(=O)c2cc(C(=O)NC[C@H]3COc4ccccc4O3)ccc2Cl)C1. The molecule has 2 heterocycles. The molecule has 0 unspecified atom stereocenters. The number of piperidine rings is 1. The highest BCUT2D eigenvalue weighted by atomic mass is 35.5. The van der Waals surface area contributed by atoms with E-state index in [1.165, 1.54) is 22.5 Å². The van der Waals surface area contributed by atoms with Crippen LogP contribution in [0.4, 0.5) is 0 Å². The third-order valence-electron chi connectivity index (χ3n) is 5.49. The molecule has 9 heteroatoms. The smallest absolute Gasteiger partial charge is 0.251 e. The number of fused-ring (bicyclic) bond motifs is 1. The number of hydrogen-bond acceptors (Lipinski definition) is 5. The highest BCUT2D eigenvalue weighted by molar-refractivity contribution is 7.89. The van der Waals surface area contributed by atoms with Crippen molar-refractivity contribution in [3.05, 3.63) is 53.1 Å². The molecule has 2 aliphatic heterocycles. The van der Waals surface area contributed by atoms with Crippen LogP contribution < -0.4 is 14.8 Å². The summed E-state index contributed by atoms with van der Waals surface area (Å²) in [5.74, 6) is 1.19. The molecule has 0 bridgehead atoms. The van der Waals surface area contributed by atoms with Gasteiger partial charge in [0.2, 0.25) is 10.0 Å². The van der Waals surface area contributed by atoms with E-state index in [4.69, 9.17) is 21.1 Å². The lowest BCUT2D eigenvalue weighted by Gasteiger charge is -2.30. The van der Waals surface area contributed by atoms with Gasteiger partial charge in [-0.15, -0.1) is 0 Å². The topological polar surface area (TPSA) is 84.9 Å². The standard InChI is InChI=1S/C22H25ClN2O5S/c1-15-5-4-10-25(13-15)31(27,28)21-11-16(8-9-18(21)23)22(26)24-12-17-14-29-19-6-2-3-7-20(19)30-17/h2-3,6-9,11,15,17H,4-5,10,12-14H2,1H3,(H,24,26)/t15-,17+/m1/s1. The largest absolute Gasteiger partial charge is 0.486 e. The number of rotatable bonds is 5. The molecular weight excluding hydrogens is 440 g/mol. The summed E-state index contributed by atoms with van der Waals surface area (Å²) >= 11 is 6.21. The zero-order chi connectivity index (χ0) is 22.0. The van der Waals surface area contributed by atoms with Crippen LogP contribution in [0.25, 0.3) is 0 Å². The minimum Gasteiger partial charge on any atom is -0.486 e. The number of sulfonamides is 1. The summed E-state index contributed by atoms with van der Waals surface area (Å²) in [5, 5.41) is 2.90. The molecule has 0 aliphatic carbocycles. The van der Waals surface area contributed by atoms with Crippen molar-refractivity contribution in [2.45, 2.75) is 30.8 Å². The Hall–Kier alpha value is -2.29. The molecule has 2 atom stereocenters. The van der Waals surface area contributed by atoms with E-state index in [1.54, 1.807) is 6.07 Å². The van der Waals surface area contributed by atoms with Gasteiger partial charge in [0.15, 0.2) is 11.5 Å². The van der Waals surface area contributed by atoms with Gasteiger partial charge in [-0.3, -0.25) is 4.79 Å². The zero-order valence-electron chi connectivity index (χ0n) is 17.2. The molecule has 31 heavy (non-hydrogen) atoms. The Morgan fingerprint density at radius 1 is 1.23 bits per heavy atom. The van der Waals surface area contributed by atoms with E-state index in [0.29, 0.717) is 31.2 Å². The van der Waals surface area contributed by atoms with Crippen molar-refractivity contribution < 1.29 is 22.7 Å². The maximum atomic E-state index is 13.1. The molecule has 0 saturated carbocycles. The Bertz CT molecular complexity index is 1080. The Labute approximate surface area is 187 Å². The predicted molar refractivity (Wildman–Crippen MR) is 117 cm³/mol. The van der Waals surface area contributed by atoms with Crippen molar-refractivity contribution in [2.75, 3.05) is 26.2 Å². The fourth-order valence-electron chi connectivity index (χ4n) is 3.82. The number of halogens is 1. The van der Waals surface area contributed by atoms with Crippen LogP contribution in [0.2, 0.25) is 5.02 Å². The zero-order valence-corrected chi connectivity index (χ0v) is 18.8. The molecule has 2 aromatic rings. The normalized spacial score (nSPS) is 21.5. The van der Waals surface area contributed by atoms with Crippen LogP contribution in [0, 0.1) is 5.92 Å². The molecule has 1 amide bonds. The van der Waals surface area contributed by atoms with Gasteiger partial charge in [0, 0.05) is 18.7 Å². The average molecular weight is 465 g/mol. The maximum Gasteiger partial charge on any atom is 0.251 e. The molecule has 166 valence electrons. The van der Waals surface area contributed by atoms with Gasteiger partial charge < -0.3 is 14.8 Å². The van der Waals surface area contributed by atoms with E-state index < -0.39 is 15.9 Å². The van der Waals surface area contributed by atoms with Crippen molar-refractivity contribution in [3.8, 4) is 11.5 Å². The summed E-state index contributed by atoms with van der Waals surface area (Å²) in [4.78, 5) is 12.7. The van der Waals surface area contributed by atoms with Gasteiger partial charge in [-0.1, -0.05) is 30.7 Å². The minimum atomic E-state index is -3.77. The van der Waals surface area contributed by atoms with Crippen LogP contribution in [0.3, 0.4) is 0 Å². The second kappa shape index (κ2) is 9.06. The lowest BCUT2D eigenvalue weighted by molar-refractivity contribution is 0.0789. The second-order valence-electron chi connectivity index (χ2n) is 7.96. The summed E-state index contributed by atoms with van der Waals surface area (Å²) in [6.07, 6.45) is 1.47. The number of benzene rings is 2. The van der Waals surface area contributed by atoms with E-state index in [-0.39, 0.29) is 34.0 Å². The van der Waals surface area contributed by atoms with E-state index in [1.807, 2.05) is 25.1 Å². The highest BCUT2D eigenvalue weighted by Crippen LogP contribution is 2.31. The van der Waals surface area contributed by atoms with Gasteiger partial charge in [0.1, 0.15) is 17.6 Å². The number of para-hydroxylation sites is 2. The fraction of sp³-hybridized carbons (Fsp3) is 0.409. The van der Waals surface area contributed by atoms with Crippen LogP contribution in [0.5, 0.6) is 11.5 Å². The summed E-state index contributed by atoms with van der Waals surface area (Å²) < 4.78 is 39.2. The van der Waals surface area contributed by atoms with Gasteiger partial charge in [-0.05, 0) is 49.1 Å². The Kier molecular flexibility index (Phi) is 6.41. The van der Waals surface area contributed by atoms with Crippen LogP contribution in [-0.2, 0) is 10.0 Å². The number of amides is 1. The molecule has 2 aliphatic rings. The van der Waals surface area contributed by atoms with Gasteiger partial charge in [-0.2, -0.15) is 4.31 Å². The molecule has 0 radical (unpaired) electrons. The third-order valence-corrected chi connectivity index (χ3v) is 7.84. The first kappa shape index (κ1) is 21.9. The summed E-state index contributed by atoms with van der Waals surface area (Å²) in [6.45, 7) is 3.48. The maximum absolute atomic E-state index is 13.1. The molecule has 1 fully saturated rings. The predicted octanol–water partition coefficient (Wildman–Crippen LogP) is 3.33. The molecular formula is C22H25ClN2O5S. The van der Waals surface area contributed by atoms with E-state index >= 15 is 0 Å². The van der Waals surface area contributed by atoms with E-state index in [2.05, 4.69) is 5.32 Å². The van der Waals surface area contributed by atoms with Gasteiger partial charge >= 0.3 is 0 Å². The minimum absolute atomic E-state index is 0.0397. The van der Waals surface area contributed by atoms with Gasteiger partial charge in [0.05, 0.1) is 11.6 Å². The summed E-state index contributed by atoms with van der Waals surface area (Å²) in [5.41, 5.74) is 0.227. The fourth-order valence-corrected chi connectivity index (χ4v) is 5.92. The highest BCUT2D eigenvalue weighted by Gasteiger charge is 2.31. The van der Waals surface area contributed by atoms with E-state index in [0.717, 1.165) is 12.8 Å². The van der Waals surface area contributed by atoms with Gasteiger partial charge in [0.25, 0.3) is 5.91 Å². The van der Waals surface area contributed by atoms with Crippen LogP contribution in [0.15, 0.2) is 47.4 Å². The molecule has 0 aromatic heterocycles. The monoisotopic (exact) mass is 464 g/mol. The first-order valence-electron chi connectivity index (χ1n) is 10.3. The molecule has 1 saturated heterocycles. The Morgan fingerprint density at radius 2 is 2.00 bits per heavy atom. The number of ether oxygens (including phenoxy) is 2. The molecule has 1 N–H and O–H groups in total. The van der Waals surface area contributed by atoms with Crippen LogP contribution in [-0.4, -0.2) is 51.0 Å². The van der Waals surface area contributed by atoms with E-state index in [9.17, 15) is 13.2 Å². The quantitative estimate of drug-likeness (QED) is 0.733. The first-order valence-corrected chi connectivity index (χ1v) is 12.1. The lowest BCUT2D eigenvalue weighted by Crippen LogP contribution is -2.41. The molecule has 0 spiro atoms. The van der Waals surface area contributed by atoms with Crippen LogP contribution in [0.1, 0.15) is 30.1 Å². The molecule has 4 rings (SSSR count). The third kappa shape index (κ3) is 4.81. The first-order chi connectivity index (χ1) is 14.8. The van der Waals surface area contributed by atoms with Crippen LogP contribution >= 0.6 is 11.6 Å². The number of nitrogens with zero attached hydrogens (tertiary/aromatic N) is 1. The Balaban J connectivity index is 1.45. The Morgan fingerprint density at radius 3 is 2.77 bits per heavy atom. The summed E-state index contributed by atoms with van der Waals surface area (Å²) in [7, 11) is -3.77. The molecule has 2 aromatic carbocycles. The van der Waals surface area contributed by atoms with Crippen molar-refractivity contribution in [3.63, 3.8) is 0 Å². The number of hydrogen-bond donors (Lipinski definition) is 1. The summed E-state index contributed by atoms with van der Waals surface area (Å²) in [6, 6.07) is 11.7. The average Bonchev–Trinajstić information content (AvgIpc) is 2.77. The van der Waals surface area contributed by atoms with Crippen molar-refractivity contribution in [2.24, 2.45) is 5.92 Å². The van der Waals surface area contributed by atoms with Crippen molar-refractivity contribution in [1.29, 1.82) is 0 Å².